The molecule has 1 aromatic heterocycles. The average Bonchev–Trinajstić information content (AvgIpc) is 2.86. The van der Waals surface area contributed by atoms with Gasteiger partial charge in [-0.15, -0.1) is 0 Å². The summed E-state index contributed by atoms with van der Waals surface area (Å²) in [6.45, 7) is 3.47. The van der Waals surface area contributed by atoms with E-state index in [4.69, 9.17) is 4.74 Å². The second-order valence-electron chi connectivity index (χ2n) is 4.86. The summed E-state index contributed by atoms with van der Waals surface area (Å²) in [6.07, 6.45) is 3.77. The zero-order valence-electron chi connectivity index (χ0n) is 12.1. The number of nitrogens with zero attached hydrogens (tertiary/aromatic N) is 1. The van der Waals surface area contributed by atoms with Crippen LogP contribution in [-0.4, -0.2) is 36.1 Å². The van der Waals surface area contributed by atoms with Crippen LogP contribution in [0.1, 0.15) is 18.9 Å². The maximum atomic E-state index is 11.7. The van der Waals surface area contributed by atoms with Gasteiger partial charge in [-0.2, -0.15) is 0 Å². The van der Waals surface area contributed by atoms with Gasteiger partial charge in [0.25, 0.3) is 0 Å². The van der Waals surface area contributed by atoms with Crippen molar-refractivity contribution in [2.24, 2.45) is 0 Å². The normalized spacial score (nSPS) is 10.8. The van der Waals surface area contributed by atoms with Crippen LogP contribution >= 0.6 is 0 Å². The fourth-order valence-corrected chi connectivity index (χ4v) is 2.06. The molecule has 108 valence electrons. The van der Waals surface area contributed by atoms with Gasteiger partial charge in [-0.25, -0.2) is 4.79 Å². The van der Waals surface area contributed by atoms with Crippen molar-refractivity contribution in [1.29, 1.82) is 0 Å². The van der Waals surface area contributed by atoms with Gasteiger partial charge in [0.1, 0.15) is 5.75 Å². The van der Waals surface area contributed by atoms with Crippen molar-refractivity contribution in [3.05, 3.63) is 30.0 Å². The summed E-state index contributed by atoms with van der Waals surface area (Å²) in [4.78, 5) is 16.5. The van der Waals surface area contributed by atoms with Gasteiger partial charge in [-0.05, 0) is 31.0 Å². The van der Waals surface area contributed by atoms with Gasteiger partial charge >= 0.3 is 6.09 Å². The Balaban J connectivity index is 2.16. The van der Waals surface area contributed by atoms with Crippen LogP contribution in [0.25, 0.3) is 10.9 Å². The number of quaternary nitrogens is 1. The number of hydrogen-bond acceptors (Lipinski definition) is 2. The van der Waals surface area contributed by atoms with Crippen molar-refractivity contribution < 1.29 is 15.3 Å². The smallest absolute Gasteiger partial charge is 0.410 e. The third-order valence-corrected chi connectivity index (χ3v) is 3.43. The monoisotopic (exact) mass is 276 g/mol. The quantitative estimate of drug-likeness (QED) is 0.874. The second kappa shape index (κ2) is 6.43. The molecule has 1 heterocycles. The third kappa shape index (κ3) is 3.11. The van der Waals surface area contributed by atoms with Gasteiger partial charge in [0.15, 0.2) is 0 Å². The van der Waals surface area contributed by atoms with E-state index in [1.54, 1.807) is 7.05 Å². The standard InChI is InChI=1S/C15H21N3O2/c1-3-18(2)15(19)20-12-6-7-13-11(5-4-8-16)10-17-14(13)9-12/h6-7,9-10,17H,3-5,8,16H2,1-2H3/p+1. The molecule has 0 atom stereocenters. The van der Waals surface area contributed by atoms with Crippen LogP contribution in [0.5, 0.6) is 5.75 Å². The Kier molecular flexibility index (Phi) is 4.63. The van der Waals surface area contributed by atoms with Crippen LogP contribution in [0, 0.1) is 0 Å². The summed E-state index contributed by atoms with van der Waals surface area (Å²) < 4.78 is 5.32. The molecule has 0 unspecified atom stereocenters. The minimum atomic E-state index is -0.337. The molecular weight excluding hydrogens is 254 g/mol. The molecule has 4 N–H and O–H groups in total. The third-order valence-electron chi connectivity index (χ3n) is 3.43. The van der Waals surface area contributed by atoms with Crippen LogP contribution in [-0.2, 0) is 6.42 Å². The van der Waals surface area contributed by atoms with Crippen molar-refractivity contribution in [2.45, 2.75) is 19.8 Å². The van der Waals surface area contributed by atoms with Gasteiger partial charge in [-0.3, -0.25) is 0 Å². The van der Waals surface area contributed by atoms with Crippen molar-refractivity contribution in [2.75, 3.05) is 20.1 Å². The Morgan fingerprint density at radius 3 is 2.95 bits per heavy atom. The Morgan fingerprint density at radius 2 is 2.25 bits per heavy atom. The van der Waals surface area contributed by atoms with Crippen LogP contribution in [0.2, 0.25) is 0 Å². The van der Waals surface area contributed by atoms with Crippen molar-refractivity contribution in [3.63, 3.8) is 0 Å². The highest BCUT2D eigenvalue weighted by molar-refractivity contribution is 5.85. The lowest BCUT2D eigenvalue weighted by atomic mass is 10.1. The van der Waals surface area contributed by atoms with Crippen molar-refractivity contribution in [1.82, 2.24) is 9.88 Å². The maximum absolute atomic E-state index is 11.7. The Labute approximate surface area is 118 Å². The molecule has 0 aliphatic heterocycles. The lowest BCUT2D eigenvalue weighted by Gasteiger charge is -2.14. The fraction of sp³-hybridized carbons (Fsp3) is 0.400. The SMILES string of the molecule is CCN(C)C(=O)Oc1ccc2c(CCC[NH3+])c[nH]c2c1. The van der Waals surface area contributed by atoms with E-state index in [9.17, 15) is 4.79 Å². The summed E-state index contributed by atoms with van der Waals surface area (Å²) in [5.74, 6) is 0.563. The average molecular weight is 276 g/mol. The van der Waals surface area contributed by atoms with Gasteiger partial charge in [0.05, 0.1) is 6.54 Å². The zero-order valence-corrected chi connectivity index (χ0v) is 12.1. The largest absolute Gasteiger partial charge is 0.414 e. The molecule has 0 fully saturated rings. The molecule has 5 nitrogen and oxygen atoms in total. The number of amides is 1. The predicted octanol–water partition coefficient (Wildman–Crippen LogP) is 1.79. The van der Waals surface area contributed by atoms with Gasteiger partial charge in [0, 0.05) is 43.2 Å². The van der Waals surface area contributed by atoms with E-state index < -0.39 is 0 Å². The number of ether oxygens (including phenoxy) is 1. The first-order chi connectivity index (χ1) is 9.65. The molecule has 0 aliphatic carbocycles. The first-order valence-electron chi connectivity index (χ1n) is 6.98. The van der Waals surface area contributed by atoms with Crippen LogP contribution in [0.15, 0.2) is 24.4 Å². The van der Waals surface area contributed by atoms with E-state index in [1.165, 1.54) is 15.8 Å². The van der Waals surface area contributed by atoms with E-state index in [2.05, 4.69) is 10.7 Å². The first kappa shape index (κ1) is 14.4. The molecule has 5 heteroatoms. The molecule has 0 radical (unpaired) electrons. The Morgan fingerprint density at radius 1 is 1.45 bits per heavy atom. The van der Waals surface area contributed by atoms with E-state index in [1.807, 2.05) is 31.3 Å². The minimum absolute atomic E-state index is 0.337. The fourth-order valence-electron chi connectivity index (χ4n) is 2.06. The molecule has 0 saturated carbocycles. The molecule has 1 amide bonds. The molecule has 0 aliphatic rings. The number of carbonyl (C=O) groups is 1. The lowest BCUT2D eigenvalue weighted by Crippen LogP contribution is -2.50. The lowest BCUT2D eigenvalue weighted by molar-refractivity contribution is -0.368. The topological polar surface area (TPSA) is 73.0 Å². The number of hydrogen-bond donors (Lipinski definition) is 2. The molecule has 2 rings (SSSR count). The number of rotatable bonds is 5. The molecule has 1 aromatic carbocycles. The number of nitrogens with one attached hydrogen (secondary N) is 1. The number of aromatic nitrogens is 1. The van der Waals surface area contributed by atoms with E-state index >= 15 is 0 Å². The Bertz CT molecular complexity index is 592. The van der Waals surface area contributed by atoms with Crippen molar-refractivity contribution >= 4 is 17.0 Å². The highest BCUT2D eigenvalue weighted by Gasteiger charge is 2.10. The molecule has 20 heavy (non-hydrogen) atoms. The van der Waals surface area contributed by atoms with Gasteiger partial charge in [-0.1, -0.05) is 0 Å². The number of aryl methyl sites for hydroxylation is 1. The van der Waals surface area contributed by atoms with E-state index in [0.717, 1.165) is 24.9 Å². The Hall–Kier alpha value is -2.01. The summed E-state index contributed by atoms with van der Waals surface area (Å²) in [7, 11) is 1.71. The zero-order chi connectivity index (χ0) is 14.5. The van der Waals surface area contributed by atoms with Crippen molar-refractivity contribution in [3.8, 4) is 5.75 Å². The van der Waals surface area contributed by atoms with Gasteiger partial charge in [0.2, 0.25) is 0 Å². The highest BCUT2D eigenvalue weighted by atomic mass is 16.6. The maximum Gasteiger partial charge on any atom is 0.414 e. The number of aromatic amines is 1. The predicted molar refractivity (Wildman–Crippen MR) is 78.7 cm³/mol. The summed E-state index contributed by atoms with van der Waals surface area (Å²) >= 11 is 0. The number of benzene rings is 1. The number of fused-ring (bicyclic) bond motifs is 1. The van der Waals surface area contributed by atoms with Gasteiger partial charge < -0.3 is 20.4 Å². The van der Waals surface area contributed by atoms with E-state index in [-0.39, 0.29) is 6.09 Å². The summed E-state index contributed by atoms with van der Waals surface area (Å²) in [5, 5.41) is 1.18. The number of carbonyl (C=O) groups excluding carboxylic acids is 1. The molecule has 0 bridgehead atoms. The molecule has 2 aromatic rings. The highest BCUT2D eigenvalue weighted by Crippen LogP contribution is 2.24. The number of H-pyrrole nitrogens is 1. The second-order valence-corrected chi connectivity index (χ2v) is 4.86. The summed E-state index contributed by atoms with van der Waals surface area (Å²) in [6, 6.07) is 5.70. The van der Waals surface area contributed by atoms with Crippen LogP contribution < -0.4 is 10.5 Å². The molecule has 0 spiro atoms. The first-order valence-corrected chi connectivity index (χ1v) is 6.98. The molecule has 0 saturated heterocycles. The summed E-state index contributed by atoms with van der Waals surface area (Å²) in [5.41, 5.74) is 6.14. The van der Waals surface area contributed by atoms with Crippen LogP contribution in [0.3, 0.4) is 0 Å². The minimum Gasteiger partial charge on any atom is -0.410 e. The molecular formula is C15H22N3O2+. The van der Waals surface area contributed by atoms with E-state index in [0.29, 0.717) is 12.3 Å². The van der Waals surface area contributed by atoms with Crippen LogP contribution in [0.4, 0.5) is 4.79 Å².